The second-order valence-corrected chi connectivity index (χ2v) is 8.06. The number of hydrogen-bond donors (Lipinski definition) is 1. The predicted molar refractivity (Wildman–Crippen MR) is 118 cm³/mol. The number of carbonyl (C=O) groups is 1. The highest BCUT2D eigenvalue weighted by Gasteiger charge is 2.31. The van der Waals surface area contributed by atoms with Gasteiger partial charge in [-0.25, -0.2) is 14.2 Å². The highest BCUT2D eigenvalue weighted by Crippen LogP contribution is 2.33. The Morgan fingerprint density at radius 2 is 1.94 bits per heavy atom. The molecule has 1 N–H and O–H groups in total. The van der Waals surface area contributed by atoms with Crippen molar-refractivity contribution < 1.29 is 9.18 Å². The van der Waals surface area contributed by atoms with Gasteiger partial charge in [-0.3, -0.25) is 14.3 Å². The first-order valence-corrected chi connectivity index (χ1v) is 10.5. The van der Waals surface area contributed by atoms with E-state index in [2.05, 4.69) is 20.3 Å². The fourth-order valence-corrected chi connectivity index (χ4v) is 4.10. The summed E-state index contributed by atoms with van der Waals surface area (Å²) in [6.07, 6.45) is 2.79. The van der Waals surface area contributed by atoms with E-state index in [9.17, 15) is 14.0 Å². The lowest BCUT2D eigenvalue weighted by atomic mass is 10.1. The average Bonchev–Trinajstić information content (AvgIpc) is 3.22. The zero-order valence-electron chi connectivity index (χ0n) is 18.3. The van der Waals surface area contributed by atoms with E-state index in [1.54, 1.807) is 30.9 Å². The van der Waals surface area contributed by atoms with E-state index in [1.807, 2.05) is 19.1 Å². The van der Waals surface area contributed by atoms with Crippen LogP contribution in [0.15, 0.2) is 41.3 Å². The molecule has 9 heteroatoms. The van der Waals surface area contributed by atoms with Gasteiger partial charge in [0.15, 0.2) is 0 Å². The third kappa shape index (κ3) is 4.66. The summed E-state index contributed by atoms with van der Waals surface area (Å²) in [6, 6.07) is 8.27. The number of nitrogens with one attached hydrogen (secondary N) is 1. The molecule has 1 saturated heterocycles. The normalized spacial score (nSPS) is 15.8. The molecule has 1 fully saturated rings. The van der Waals surface area contributed by atoms with Crippen molar-refractivity contribution in [2.45, 2.75) is 46.2 Å². The molecule has 0 spiro atoms. The number of carbonyl (C=O) groups excluding carboxylic acids is 1. The highest BCUT2D eigenvalue weighted by molar-refractivity contribution is 5.77. The number of aromatic nitrogens is 4. The van der Waals surface area contributed by atoms with Gasteiger partial charge in [-0.2, -0.15) is 4.98 Å². The molecule has 1 aliphatic heterocycles. The minimum Gasteiger partial charge on any atom is -0.340 e. The van der Waals surface area contributed by atoms with Gasteiger partial charge in [0.25, 0.3) is 0 Å². The first kappa shape index (κ1) is 21.6. The Morgan fingerprint density at radius 3 is 2.66 bits per heavy atom. The second kappa shape index (κ2) is 8.86. The minimum absolute atomic E-state index is 0.0507. The molecule has 3 aromatic rings. The van der Waals surface area contributed by atoms with Gasteiger partial charge in [0, 0.05) is 29.3 Å². The number of halogens is 1. The molecule has 4 rings (SSSR count). The second-order valence-electron chi connectivity index (χ2n) is 8.06. The fourth-order valence-electron chi connectivity index (χ4n) is 4.10. The molecule has 32 heavy (non-hydrogen) atoms. The molecule has 0 radical (unpaired) electrons. The lowest BCUT2D eigenvalue weighted by Crippen LogP contribution is -2.37. The standard InChI is InChI=1S/C23H25FN6O2/c1-14-9-16(3)30(23(32)27-14)13-22(31)29-8-4-5-20(29)19-11-18(10-15(2)26-19)28-21-7-6-17(24)12-25-21/h6-7,9-12,20H,4-5,8,13H2,1-3H3,(H,25,26,28)/t20-/m1/s1. The summed E-state index contributed by atoms with van der Waals surface area (Å²) in [5.74, 6) is -0.0224. The monoisotopic (exact) mass is 436 g/mol. The maximum Gasteiger partial charge on any atom is 0.348 e. The Hall–Kier alpha value is -3.62. The third-order valence-electron chi connectivity index (χ3n) is 5.53. The van der Waals surface area contributed by atoms with Crippen LogP contribution in [0.3, 0.4) is 0 Å². The van der Waals surface area contributed by atoms with E-state index in [1.165, 1.54) is 10.6 Å². The lowest BCUT2D eigenvalue weighted by molar-refractivity contribution is -0.133. The van der Waals surface area contributed by atoms with Crippen molar-refractivity contribution in [2.24, 2.45) is 0 Å². The zero-order chi connectivity index (χ0) is 22.8. The van der Waals surface area contributed by atoms with Gasteiger partial charge in [-0.1, -0.05) is 0 Å². The molecule has 1 atom stereocenters. The van der Waals surface area contributed by atoms with Crippen LogP contribution in [0, 0.1) is 26.6 Å². The van der Waals surface area contributed by atoms with Crippen LogP contribution in [-0.4, -0.2) is 36.9 Å². The molecule has 8 nitrogen and oxygen atoms in total. The summed E-state index contributed by atoms with van der Waals surface area (Å²) in [5.41, 5.74) is 3.25. The van der Waals surface area contributed by atoms with Crippen molar-refractivity contribution >= 4 is 17.4 Å². The van der Waals surface area contributed by atoms with Gasteiger partial charge in [0.05, 0.1) is 17.9 Å². The van der Waals surface area contributed by atoms with E-state index >= 15 is 0 Å². The van der Waals surface area contributed by atoms with Crippen LogP contribution in [-0.2, 0) is 11.3 Å². The van der Waals surface area contributed by atoms with Crippen LogP contribution >= 0.6 is 0 Å². The minimum atomic E-state index is -0.418. The van der Waals surface area contributed by atoms with Crippen molar-refractivity contribution in [1.29, 1.82) is 0 Å². The Bertz CT molecular complexity index is 1210. The number of amides is 1. The lowest BCUT2D eigenvalue weighted by Gasteiger charge is -2.25. The van der Waals surface area contributed by atoms with Crippen LogP contribution in [0.5, 0.6) is 0 Å². The zero-order valence-corrected chi connectivity index (χ0v) is 18.3. The van der Waals surface area contributed by atoms with E-state index in [4.69, 9.17) is 0 Å². The Balaban J connectivity index is 1.56. The molecule has 1 aliphatic rings. The summed E-state index contributed by atoms with van der Waals surface area (Å²) >= 11 is 0. The summed E-state index contributed by atoms with van der Waals surface area (Å²) in [7, 11) is 0. The number of pyridine rings is 2. The molecule has 3 aromatic heterocycles. The molecule has 0 unspecified atom stereocenters. The van der Waals surface area contributed by atoms with Crippen LogP contribution in [0.25, 0.3) is 0 Å². The number of aryl methyl sites for hydroxylation is 3. The molecular formula is C23H25FN6O2. The van der Waals surface area contributed by atoms with Gasteiger partial charge in [0.1, 0.15) is 18.2 Å². The molecule has 4 heterocycles. The summed E-state index contributed by atoms with van der Waals surface area (Å²) in [5, 5.41) is 3.16. The maximum atomic E-state index is 13.1. The van der Waals surface area contributed by atoms with Crippen molar-refractivity contribution in [3.8, 4) is 0 Å². The Labute approximate surface area is 185 Å². The molecule has 1 amide bonds. The largest absolute Gasteiger partial charge is 0.348 e. The SMILES string of the molecule is Cc1cc(Nc2ccc(F)cn2)cc([C@H]2CCCN2C(=O)Cn2c(C)cc(C)nc2=O)n1. The molecule has 0 aromatic carbocycles. The first-order valence-electron chi connectivity index (χ1n) is 10.5. The molecule has 166 valence electrons. The van der Waals surface area contributed by atoms with Gasteiger partial charge >= 0.3 is 5.69 Å². The van der Waals surface area contributed by atoms with Crippen LogP contribution in [0.4, 0.5) is 15.9 Å². The summed E-state index contributed by atoms with van der Waals surface area (Å²) < 4.78 is 14.5. The average molecular weight is 436 g/mol. The van der Waals surface area contributed by atoms with Crippen molar-refractivity contribution in [1.82, 2.24) is 24.4 Å². The number of anilines is 2. The van der Waals surface area contributed by atoms with Gasteiger partial charge in [0.2, 0.25) is 5.91 Å². The first-order chi connectivity index (χ1) is 15.3. The van der Waals surface area contributed by atoms with E-state index in [0.717, 1.165) is 36.1 Å². The Morgan fingerprint density at radius 1 is 1.16 bits per heavy atom. The van der Waals surface area contributed by atoms with Gasteiger partial charge < -0.3 is 10.2 Å². The highest BCUT2D eigenvalue weighted by atomic mass is 19.1. The molecular weight excluding hydrogens is 411 g/mol. The smallest absolute Gasteiger partial charge is 0.340 e. The van der Waals surface area contributed by atoms with Crippen LogP contribution < -0.4 is 11.0 Å². The van der Waals surface area contributed by atoms with Gasteiger partial charge in [-0.05, 0) is 63.9 Å². The Kier molecular flexibility index (Phi) is 5.98. The number of rotatable bonds is 5. The number of hydrogen-bond acceptors (Lipinski definition) is 6. The van der Waals surface area contributed by atoms with Crippen molar-refractivity contribution in [2.75, 3.05) is 11.9 Å². The molecule has 0 bridgehead atoms. The molecule has 0 aliphatic carbocycles. The molecule has 0 saturated carbocycles. The summed E-state index contributed by atoms with van der Waals surface area (Å²) in [6.45, 7) is 6.00. The van der Waals surface area contributed by atoms with E-state index in [-0.39, 0.29) is 18.5 Å². The van der Waals surface area contributed by atoms with E-state index in [0.29, 0.717) is 23.8 Å². The third-order valence-corrected chi connectivity index (χ3v) is 5.53. The number of likely N-dealkylation sites (tertiary alicyclic amines) is 1. The van der Waals surface area contributed by atoms with E-state index < -0.39 is 11.5 Å². The van der Waals surface area contributed by atoms with Crippen LogP contribution in [0.1, 0.15) is 41.7 Å². The quantitative estimate of drug-likeness (QED) is 0.660. The summed E-state index contributed by atoms with van der Waals surface area (Å²) in [4.78, 5) is 39.8. The van der Waals surface area contributed by atoms with Crippen molar-refractivity contribution in [3.05, 3.63) is 75.6 Å². The topological polar surface area (TPSA) is 93.0 Å². The van der Waals surface area contributed by atoms with Gasteiger partial charge in [-0.15, -0.1) is 0 Å². The van der Waals surface area contributed by atoms with Crippen LogP contribution in [0.2, 0.25) is 0 Å². The fraction of sp³-hybridized carbons (Fsp3) is 0.348. The number of nitrogens with zero attached hydrogens (tertiary/aromatic N) is 5. The maximum absolute atomic E-state index is 13.1. The van der Waals surface area contributed by atoms with Crippen molar-refractivity contribution in [3.63, 3.8) is 0 Å². The predicted octanol–water partition coefficient (Wildman–Crippen LogP) is 3.20.